The first-order chi connectivity index (χ1) is 24.2. The maximum Gasteiger partial charge on any atom is 0 e. The second kappa shape index (κ2) is 15.6. The summed E-state index contributed by atoms with van der Waals surface area (Å²) in [5.74, 6) is 7.14. The molecule has 5 heteroatoms. The number of rotatable bonds is 6. The minimum atomic E-state index is -1.72. The van der Waals surface area contributed by atoms with Crippen molar-refractivity contribution in [2.75, 3.05) is 0 Å². The third kappa shape index (κ3) is 8.17. The second-order valence-corrected chi connectivity index (χ2v) is 24.4. The van der Waals surface area contributed by atoms with Gasteiger partial charge in [-0.25, -0.2) is 0 Å². The summed E-state index contributed by atoms with van der Waals surface area (Å²) in [6, 6.07) is 52.8. The molecule has 0 amide bonds. The molecule has 0 aliphatic rings. The van der Waals surface area contributed by atoms with Crippen LogP contribution in [0.15, 0.2) is 152 Å². The first-order valence-electron chi connectivity index (χ1n) is 17.1. The smallest absolute Gasteiger partial charge is 0 e. The molecule has 0 fully saturated rings. The monoisotopic (exact) mass is 893 g/mol. The third-order valence-electron chi connectivity index (χ3n) is 8.23. The van der Waals surface area contributed by atoms with E-state index in [-0.39, 0.29) is 20.1 Å². The number of thiophene rings is 1. The molecule has 8 rings (SSSR count). The molecule has 0 saturated carbocycles. The van der Waals surface area contributed by atoms with E-state index in [1.54, 1.807) is 23.6 Å². The van der Waals surface area contributed by atoms with Crippen LogP contribution in [0.5, 0.6) is 0 Å². The average Bonchev–Trinajstić information content (AvgIpc) is 3.54. The Hall–Kier alpha value is -4.19. The Morgan fingerprint density at radius 1 is 0.653 bits per heavy atom. The number of hydrogen-bond acceptors (Lipinski definition) is 3. The van der Waals surface area contributed by atoms with Crippen molar-refractivity contribution in [3.05, 3.63) is 175 Å². The molecule has 2 nitrogen and oxygen atoms in total. The summed E-state index contributed by atoms with van der Waals surface area (Å²) in [5.41, 5.74) is 7.33. The summed E-state index contributed by atoms with van der Waals surface area (Å²) in [5, 5.41) is 2.39. The first-order valence-corrected chi connectivity index (χ1v) is 24.2. The van der Waals surface area contributed by atoms with Gasteiger partial charge in [-0.15, -0.1) is 23.8 Å². The maximum absolute atomic E-state index is 8.75. The predicted octanol–water partition coefficient (Wildman–Crippen LogP) is 11.3. The molecule has 0 aliphatic carbocycles. The van der Waals surface area contributed by atoms with Gasteiger partial charge in [-0.3, -0.25) is 0 Å². The van der Waals surface area contributed by atoms with Gasteiger partial charge in [0.25, 0.3) is 0 Å². The Kier molecular flexibility index (Phi) is 10.2. The molecule has 243 valence electrons. The molecular formula is C44H36GeIrN2S-2. The predicted molar refractivity (Wildman–Crippen MR) is 208 cm³/mol. The first kappa shape index (κ1) is 32.0. The van der Waals surface area contributed by atoms with Crippen molar-refractivity contribution >= 4 is 49.2 Å². The molecule has 0 N–H and O–H groups in total. The fourth-order valence-electron chi connectivity index (χ4n) is 5.62. The standard InChI is InChI=1S/C30H20NS.C14H16GeN.Ir/c1-3-8-21(9-4-1)18-22-16-17-31-28(19-22)27-13-7-12-26-25-15-14-24(20-29(25)32-30(26)27)23-10-5-2-6-11-23;1-15(2,3)13-9-10-14(16-11-13)12-7-5-4-6-8-12;/h1-12,14-17,19-20H,18H2;4-7,9-11H,1-3H3;/q2*-1;/i18D2;;. The molecule has 0 aliphatic heterocycles. The van der Waals surface area contributed by atoms with Gasteiger partial charge in [0, 0.05) is 33.7 Å². The van der Waals surface area contributed by atoms with Gasteiger partial charge in [0.05, 0.1) is 0 Å². The third-order valence-corrected chi connectivity index (χ3v) is 13.7. The Morgan fingerprint density at radius 3 is 2.14 bits per heavy atom. The Bertz CT molecular complexity index is 2380. The molecule has 0 bridgehead atoms. The van der Waals surface area contributed by atoms with Crippen molar-refractivity contribution in [3.8, 4) is 33.6 Å². The fraction of sp³-hybridized carbons (Fsp3) is 0.0909. The minimum Gasteiger partial charge on any atom is 0 e. The van der Waals surface area contributed by atoms with Crippen molar-refractivity contribution in [2.24, 2.45) is 0 Å². The van der Waals surface area contributed by atoms with Crippen LogP contribution in [-0.2, 0) is 26.5 Å². The summed E-state index contributed by atoms with van der Waals surface area (Å²) in [4.78, 5) is 9.14. The Balaban J connectivity index is 0.000000222. The number of hydrogen-bond donors (Lipinski definition) is 0. The van der Waals surface area contributed by atoms with E-state index >= 15 is 0 Å². The number of nitrogens with zero attached hydrogens (tertiary/aromatic N) is 2. The van der Waals surface area contributed by atoms with E-state index in [1.807, 2.05) is 79.0 Å². The van der Waals surface area contributed by atoms with E-state index in [0.717, 1.165) is 27.2 Å². The van der Waals surface area contributed by atoms with E-state index in [0.29, 0.717) is 11.1 Å². The minimum absolute atomic E-state index is 0. The molecule has 0 spiro atoms. The number of fused-ring (bicyclic) bond motifs is 3. The van der Waals surface area contributed by atoms with Crippen LogP contribution in [0.3, 0.4) is 0 Å². The van der Waals surface area contributed by atoms with E-state index in [1.165, 1.54) is 31.0 Å². The van der Waals surface area contributed by atoms with Crippen molar-refractivity contribution < 1.29 is 22.8 Å². The Labute approximate surface area is 312 Å². The maximum atomic E-state index is 8.75. The molecule has 49 heavy (non-hydrogen) atoms. The Morgan fingerprint density at radius 2 is 1.43 bits per heavy atom. The van der Waals surface area contributed by atoms with Crippen LogP contribution in [0.2, 0.25) is 17.3 Å². The fourth-order valence-corrected chi connectivity index (χ4v) is 9.04. The van der Waals surface area contributed by atoms with Crippen molar-refractivity contribution in [3.63, 3.8) is 0 Å². The van der Waals surface area contributed by atoms with Gasteiger partial charge in [0.15, 0.2) is 0 Å². The summed E-state index contributed by atoms with van der Waals surface area (Å²) in [6.07, 6.45) is 2.12. The van der Waals surface area contributed by atoms with Gasteiger partial charge in [-0.05, 0) is 56.5 Å². The molecule has 0 saturated heterocycles. The number of benzene rings is 5. The topological polar surface area (TPSA) is 25.8 Å². The van der Waals surface area contributed by atoms with Gasteiger partial charge in [-0.1, -0.05) is 84.2 Å². The zero-order valence-corrected chi connectivity index (χ0v) is 32.9. The van der Waals surface area contributed by atoms with Gasteiger partial charge in [0.1, 0.15) is 0 Å². The SMILES string of the molecule is [2H]C([2H])(c1ccccc1)c1ccnc(-c2[c-]ccc3c2sc2cc(-c4ccccc4)ccc23)c1.[CH3][Ge]([CH3])([CH3])[c]1ccc(-c2[c-]cccc2)nc1.[Ir]. The van der Waals surface area contributed by atoms with E-state index in [2.05, 4.69) is 100 Å². The van der Waals surface area contributed by atoms with Crippen LogP contribution >= 0.6 is 11.3 Å². The summed E-state index contributed by atoms with van der Waals surface area (Å²) in [7, 11) is 0. The van der Waals surface area contributed by atoms with E-state index in [9.17, 15) is 0 Å². The van der Waals surface area contributed by atoms with Crippen LogP contribution in [0.25, 0.3) is 53.8 Å². The summed E-state index contributed by atoms with van der Waals surface area (Å²) < 4.78 is 21.3. The zero-order chi connectivity index (χ0) is 34.7. The molecule has 5 aromatic carbocycles. The van der Waals surface area contributed by atoms with Crippen LogP contribution in [0.4, 0.5) is 0 Å². The molecular weight excluding hydrogens is 853 g/mol. The zero-order valence-electron chi connectivity index (χ0n) is 29.6. The molecule has 1 radical (unpaired) electrons. The van der Waals surface area contributed by atoms with Gasteiger partial charge >= 0.3 is 99.8 Å². The normalized spacial score (nSPS) is 12.0. The quantitative estimate of drug-likeness (QED) is 0.123. The van der Waals surface area contributed by atoms with E-state index in [4.69, 9.17) is 2.74 Å². The summed E-state index contributed by atoms with van der Waals surface area (Å²) in [6.45, 7) is 0. The van der Waals surface area contributed by atoms with Crippen LogP contribution in [0, 0.1) is 12.1 Å². The second-order valence-electron chi connectivity index (χ2n) is 12.7. The van der Waals surface area contributed by atoms with Crippen molar-refractivity contribution in [2.45, 2.75) is 23.6 Å². The van der Waals surface area contributed by atoms with Crippen LogP contribution < -0.4 is 4.40 Å². The van der Waals surface area contributed by atoms with Crippen molar-refractivity contribution in [1.82, 2.24) is 9.97 Å². The van der Waals surface area contributed by atoms with Crippen LogP contribution in [-0.4, -0.2) is 23.2 Å². The largest absolute Gasteiger partial charge is 0 e. The van der Waals surface area contributed by atoms with Crippen LogP contribution in [0.1, 0.15) is 13.9 Å². The molecule has 3 heterocycles. The van der Waals surface area contributed by atoms with Gasteiger partial charge in [0.2, 0.25) is 0 Å². The van der Waals surface area contributed by atoms with E-state index < -0.39 is 19.6 Å². The average molecular weight is 892 g/mol. The molecule has 3 aromatic heterocycles. The molecule has 8 aromatic rings. The number of pyridine rings is 2. The summed E-state index contributed by atoms with van der Waals surface area (Å²) >= 11 is 0.0208. The molecule has 0 atom stereocenters. The number of aromatic nitrogens is 2. The molecule has 0 unspecified atom stereocenters. The van der Waals surface area contributed by atoms with Crippen molar-refractivity contribution in [1.29, 1.82) is 0 Å². The van der Waals surface area contributed by atoms with Gasteiger partial charge < -0.3 is 4.98 Å². The van der Waals surface area contributed by atoms with Gasteiger partial charge in [-0.2, -0.15) is 11.3 Å².